The lowest BCUT2D eigenvalue weighted by Gasteiger charge is -2.35. The van der Waals surface area contributed by atoms with E-state index in [1.165, 1.54) is 55.7 Å². The number of rotatable bonds is 7. The SMILES string of the molecule is COC(=O)C1=C(C(=O)OC)[C@@H]2C(=O)C(OC)=C[C@H]1C1=C2[C@@H](NC(C)=O)CCc2cc(OC)c(OC)c(OC)c21. The summed E-state index contributed by atoms with van der Waals surface area (Å²) in [7, 11) is 8.15. The molecule has 0 spiro atoms. The number of methoxy groups -OCH3 is 6. The van der Waals surface area contributed by atoms with E-state index in [-0.39, 0.29) is 22.8 Å². The van der Waals surface area contributed by atoms with Gasteiger partial charge in [-0.05, 0) is 41.7 Å². The van der Waals surface area contributed by atoms with Crippen LogP contribution in [0.3, 0.4) is 0 Å². The van der Waals surface area contributed by atoms with E-state index in [0.717, 1.165) is 5.56 Å². The van der Waals surface area contributed by atoms with Crippen LogP contribution in [0.15, 0.2) is 34.6 Å². The Morgan fingerprint density at radius 1 is 0.872 bits per heavy atom. The zero-order valence-electron chi connectivity index (χ0n) is 22.9. The highest BCUT2D eigenvalue weighted by molar-refractivity contribution is 6.16. The van der Waals surface area contributed by atoms with Gasteiger partial charge in [-0.1, -0.05) is 0 Å². The average molecular weight is 542 g/mol. The predicted octanol–water partition coefficient (Wildman–Crippen LogP) is 1.92. The molecule has 0 unspecified atom stereocenters. The van der Waals surface area contributed by atoms with Gasteiger partial charge in [-0.15, -0.1) is 0 Å². The fourth-order valence-electron chi connectivity index (χ4n) is 5.86. The van der Waals surface area contributed by atoms with Crippen LogP contribution < -0.4 is 19.5 Å². The van der Waals surface area contributed by atoms with Gasteiger partial charge in [0.1, 0.15) is 0 Å². The number of fused-ring (bicyclic) bond motifs is 2. The zero-order chi connectivity index (χ0) is 28.6. The van der Waals surface area contributed by atoms with Gasteiger partial charge in [0, 0.05) is 18.4 Å². The number of ether oxygens (including phenoxy) is 6. The standard InChI is InChI=1S/C28H31NO10/c1-12(30)29-15-9-8-13-10-17(35-3)25(36-4)26(37-5)18(13)19-14-11-16(34-2)24(31)22(21(15)19)23(28(33)39-7)20(14)27(32)38-6/h10-11,14-15,22H,8-9H2,1-7H3,(H,29,30)/t14-,15-,22+/m0/s1. The van der Waals surface area contributed by atoms with E-state index in [4.69, 9.17) is 28.4 Å². The predicted molar refractivity (Wildman–Crippen MR) is 137 cm³/mol. The van der Waals surface area contributed by atoms with Crippen molar-refractivity contribution in [2.45, 2.75) is 25.8 Å². The Morgan fingerprint density at radius 3 is 2.05 bits per heavy atom. The smallest absolute Gasteiger partial charge is 0.335 e. The van der Waals surface area contributed by atoms with Crippen molar-refractivity contribution in [1.29, 1.82) is 0 Å². The molecule has 0 heterocycles. The third-order valence-electron chi connectivity index (χ3n) is 7.31. The zero-order valence-corrected chi connectivity index (χ0v) is 22.9. The molecule has 0 saturated heterocycles. The second-order valence-electron chi connectivity index (χ2n) is 9.16. The summed E-state index contributed by atoms with van der Waals surface area (Å²) in [6.07, 6.45) is 2.32. The molecule has 208 valence electrons. The molecule has 1 N–H and O–H groups in total. The van der Waals surface area contributed by atoms with Crippen molar-refractivity contribution in [1.82, 2.24) is 5.32 Å². The molecular weight excluding hydrogens is 510 g/mol. The Hall–Kier alpha value is -4.28. The minimum absolute atomic E-state index is 0.0408. The van der Waals surface area contributed by atoms with Crippen LogP contribution in [0, 0.1) is 11.8 Å². The molecule has 11 heteroatoms. The number of esters is 2. The molecule has 11 nitrogen and oxygen atoms in total. The van der Waals surface area contributed by atoms with Gasteiger partial charge < -0.3 is 33.7 Å². The summed E-state index contributed by atoms with van der Waals surface area (Å²) in [6.45, 7) is 1.37. The van der Waals surface area contributed by atoms with E-state index >= 15 is 0 Å². The Morgan fingerprint density at radius 2 is 1.51 bits per heavy atom. The summed E-state index contributed by atoms with van der Waals surface area (Å²) in [5, 5.41) is 2.94. The molecule has 0 radical (unpaired) electrons. The van der Waals surface area contributed by atoms with Crippen LogP contribution >= 0.6 is 0 Å². The minimum atomic E-state index is -1.30. The summed E-state index contributed by atoms with van der Waals surface area (Å²) in [5.74, 6) is -3.82. The molecule has 0 saturated carbocycles. The Bertz CT molecular complexity index is 1350. The number of carbonyl (C=O) groups is 4. The maximum absolute atomic E-state index is 14.0. The van der Waals surface area contributed by atoms with E-state index in [1.807, 2.05) is 6.07 Å². The van der Waals surface area contributed by atoms with E-state index < -0.39 is 35.6 Å². The van der Waals surface area contributed by atoms with Crippen molar-refractivity contribution < 1.29 is 47.6 Å². The number of allylic oxidation sites excluding steroid dienone is 3. The van der Waals surface area contributed by atoms with E-state index in [1.54, 1.807) is 0 Å². The third kappa shape index (κ3) is 4.31. The summed E-state index contributed by atoms with van der Waals surface area (Å²) < 4.78 is 32.7. The van der Waals surface area contributed by atoms with Crippen LogP contribution in [0.4, 0.5) is 0 Å². The number of hydrogen-bond donors (Lipinski definition) is 1. The molecule has 3 atom stereocenters. The van der Waals surface area contributed by atoms with Gasteiger partial charge in [0.15, 0.2) is 17.3 Å². The van der Waals surface area contributed by atoms with Gasteiger partial charge in [-0.3, -0.25) is 9.59 Å². The van der Waals surface area contributed by atoms with E-state index in [2.05, 4.69) is 5.32 Å². The molecule has 0 aliphatic heterocycles. The Kier molecular flexibility index (Phi) is 7.71. The number of benzene rings is 1. The van der Waals surface area contributed by atoms with Crippen molar-refractivity contribution in [3.8, 4) is 17.2 Å². The first kappa shape index (κ1) is 27.7. The van der Waals surface area contributed by atoms with Crippen molar-refractivity contribution in [2.24, 2.45) is 11.8 Å². The van der Waals surface area contributed by atoms with Crippen LogP contribution in [-0.2, 0) is 39.8 Å². The summed E-state index contributed by atoms with van der Waals surface area (Å²) in [5.41, 5.74) is 2.10. The van der Waals surface area contributed by atoms with Crippen molar-refractivity contribution in [3.05, 3.63) is 45.7 Å². The molecule has 0 aromatic heterocycles. The van der Waals surface area contributed by atoms with Gasteiger partial charge in [0.05, 0.1) is 65.8 Å². The molecule has 4 aliphatic carbocycles. The van der Waals surface area contributed by atoms with Crippen molar-refractivity contribution in [2.75, 3.05) is 42.7 Å². The highest BCUT2D eigenvalue weighted by atomic mass is 16.5. The second kappa shape index (κ2) is 10.8. The summed E-state index contributed by atoms with van der Waals surface area (Å²) in [4.78, 5) is 52.9. The van der Waals surface area contributed by atoms with Gasteiger partial charge in [0.25, 0.3) is 0 Å². The highest BCUT2D eigenvalue weighted by Gasteiger charge is 2.52. The molecule has 0 fully saturated rings. The Labute approximate surface area is 225 Å². The first-order chi connectivity index (χ1) is 18.7. The second-order valence-corrected chi connectivity index (χ2v) is 9.16. The number of amides is 1. The number of carbonyl (C=O) groups excluding carboxylic acids is 4. The lowest BCUT2D eigenvalue weighted by atomic mass is 9.69. The van der Waals surface area contributed by atoms with Crippen LogP contribution in [-0.4, -0.2) is 72.3 Å². The van der Waals surface area contributed by atoms with Crippen LogP contribution in [0.1, 0.15) is 24.5 Å². The maximum Gasteiger partial charge on any atom is 0.335 e. The lowest BCUT2D eigenvalue weighted by Crippen LogP contribution is -2.42. The molecule has 5 rings (SSSR count). The number of aryl methyl sites for hydroxylation is 1. The lowest BCUT2D eigenvalue weighted by molar-refractivity contribution is -0.140. The molecule has 4 aliphatic rings. The summed E-state index contributed by atoms with van der Waals surface area (Å²) >= 11 is 0. The van der Waals surface area contributed by atoms with E-state index in [0.29, 0.717) is 46.8 Å². The van der Waals surface area contributed by atoms with Gasteiger partial charge in [0.2, 0.25) is 17.4 Å². The molecular formula is C28H31NO10. The number of Topliss-reactive ketones (excluding diaryl/α,β-unsaturated/α-hetero) is 1. The summed E-state index contributed by atoms with van der Waals surface area (Å²) in [6, 6.07) is 1.13. The van der Waals surface area contributed by atoms with Crippen molar-refractivity contribution >= 4 is 29.2 Å². The average Bonchev–Trinajstić information content (AvgIpc) is 3.22. The number of ketones is 1. The minimum Gasteiger partial charge on any atom is -0.493 e. The fourth-order valence-corrected chi connectivity index (χ4v) is 5.86. The van der Waals surface area contributed by atoms with Gasteiger partial charge in [-0.25, -0.2) is 9.59 Å². The number of hydrogen-bond acceptors (Lipinski definition) is 10. The largest absolute Gasteiger partial charge is 0.493 e. The fraction of sp³-hybridized carbons (Fsp3) is 0.429. The first-order valence-corrected chi connectivity index (χ1v) is 12.2. The maximum atomic E-state index is 14.0. The van der Waals surface area contributed by atoms with Crippen LogP contribution in [0.25, 0.3) is 5.57 Å². The third-order valence-corrected chi connectivity index (χ3v) is 7.31. The molecule has 1 amide bonds. The normalized spacial score (nSPS) is 21.6. The number of nitrogens with one attached hydrogen (secondary N) is 1. The van der Waals surface area contributed by atoms with Gasteiger partial charge >= 0.3 is 11.9 Å². The monoisotopic (exact) mass is 541 g/mol. The molecule has 2 bridgehead atoms. The molecule has 39 heavy (non-hydrogen) atoms. The first-order valence-electron chi connectivity index (χ1n) is 12.2. The quantitative estimate of drug-likeness (QED) is 0.510. The van der Waals surface area contributed by atoms with E-state index in [9.17, 15) is 19.2 Å². The van der Waals surface area contributed by atoms with Crippen LogP contribution in [0.5, 0.6) is 17.2 Å². The highest BCUT2D eigenvalue weighted by Crippen LogP contribution is 2.56. The Balaban J connectivity index is 2.21. The van der Waals surface area contributed by atoms with Gasteiger partial charge in [-0.2, -0.15) is 0 Å². The molecule has 1 aromatic carbocycles. The molecule has 1 aromatic rings. The topological polar surface area (TPSA) is 136 Å². The van der Waals surface area contributed by atoms with Crippen LogP contribution in [0.2, 0.25) is 0 Å². The van der Waals surface area contributed by atoms with Crippen molar-refractivity contribution in [3.63, 3.8) is 0 Å².